The van der Waals surface area contributed by atoms with Gasteiger partial charge in [-0.1, -0.05) is 34.4 Å². The fourth-order valence-corrected chi connectivity index (χ4v) is 2.76. The average Bonchev–Trinajstić information content (AvgIpc) is 2.99. The van der Waals surface area contributed by atoms with Crippen LogP contribution < -0.4 is 5.32 Å². The molecule has 3 aromatic rings. The van der Waals surface area contributed by atoms with E-state index in [9.17, 15) is 4.79 Å². The highest BCUT2D eigenvalue weighted by atomic mass is 35.5. The highest BCUT2D eigenvalue weighted by molar-refractivity contribution is 6.36. The van der Waals surface area contributed by atoms with E-state index in [2.05, 4.69) is 15.5 Å². The minimum Gasteiger partial charge on any atom is -0.334 e. The fraction of sp³-hybridized carbons (Fsp3) is 0.167. The maximum absolute atomic E-state index is 12.2. The number of rotatable bonds is 4. The van der Waals surface area contributed by atoms with E-state index in [0.717, 1.165) is 11.3 Å². The number of halogens is 2. The summed E-state index contributed by atoms with van der Waals surface area (Å²) in [5.74, 6) is 0.302. The van der Waals surface area contributed by atoms with Gasteiger partial charge < -0.3 is 9.84 Å². The third-order valence-corrected chi connectivity index (χ3v) is 4.29. The van der Waals surface area contributed by atoms with Crippen molar-refractivity contribution < 1.29 is 9.32 Å². The van der Waals surface area contributed by atoms with Gasteiger partial charge in [0.1, 0.15) is 0 Å². The van der Waals surface area contributed by atoms with Crippen LogP contribution in [0.25, 0.3) is 11.5 Å². The summed E-state index contributed by atoms with van der Waals surface area (Å²) in [6, 6.07) is 10.7. The van der Waals surface area contributed by atoms with E-state index in [1.54, 1.807) is 18.2 Å². The topological polar surface area (TPSA) is 68.0 Å². The van der Waals surface area contributed by atoms with Crippen molar-refractivity contribution in [3.05, 3.63) is 63.4 Å². The number of carbonyl (C=O) groups is 1. The van der Waals surface area contributed by atoms with Crippen LogP contribution in [0.5, 0.6) is 0 Å². The van der Waals surface area contributed by atoms with E-state index in [1.165, 1.54) is 5.56 Å². The molecule has 0 unspecified atom stereocenters. The molecule has 0 aliphatic carbocycles. The van der Waals surface area contributed by atoms with Gasteiger partial charge in [-0.25, -0.2) is 0 Å². The van der Waals surface area contributed by atoms with E-state index in [-0.39, 0.29) is 24.0 Å². The summed E-state index contributed by atoms with van der Waals surface area (Å²) in [7, 11) is 0. The van der Waals surface area contributed by atoms with E-state index in [4.69, 9.17) is 27.7 Å². The van der Waals surface area contributed by atoms with Gasteiger partial charge in [-0.15, -0.1) is 0 Å². The summed E-state index contributed by atoms with van der Waals surface area (Å²) in [4.78, 5) is 16.4. The quantitative estimate of drug-likeness (QED) is 0.707. The lowest BCUT2D eigenvalue weighted by Crippen LogP contribution is -2.15. The van der Waals surface area contributed by atoms with Gasteiger partial charge in [-0.05, 0) is 55.3 Å². The molecular formula is C18H15Cl2N3O2. The van der Waals surface area contributed by atoms with Gasteiger partial charge in [-0.3, -0.25) is 4.79 Å². The number of carbonyl (C=O) groups excluding carboxylic acids is 1. The summed E-state index contributed by atoms with van der Waals surface area (Å²) in [6.45, 7) is 4.01. The molecule has 128 valence electrons. The first kappa shape index (κ1) is 17.5. The molecule has 0 radical (unpaired) electrons. The Balaban J connectivity index is 1.70. The second-order valence-corrected chi connectivity index (χ2v) is 6.51. The van der Waals surface area contributed by atoms with Gasteiger partial charge >= 0.3 is 0 Å². The molecule has 0 aliphatic heterocycles. The van der Waals surface area contributed by atoms with Crippen LogP contribution >= 0.6 is 23.2 Å². The first-order valence-electron chi connectivity index (χ1n) is 7.57. The Kier molecular flexibility index (Phi) is 5.06. The van der Waals surface area contributed by atoms with Gasteiger partial charge in [0.25, 0.3) is 5.89 Å². The predicted octanol–water partition coefficient (Wildman–Crippen LogP) is 4.84. The zero-order valence-corrected chi connectivity index (χ0v) is 15.1. The number of benzene rings is 2. The number of hydrogen-bond donors (Lipinski definition) is 1. The molecule has 1 heterocycles. The van der Waals surface area contributed by atoms with Crippen LogP contribution in [-0.2, 0) is 11.2 Å². The number of anilines is 1. The molecule has 0 atom stereocenters. The number of nitrogens with one attached hydrogen (secondary N) is 1. The van der Waals surface area contributed by atoms with E-state index in [0.29, 0.717) is 15.6 Å². The van der Waals surface area contributed by atoms with Crippen LogP contribution in [0.3, 0.4) is 0 Å². The fourth-order valence-electron chi connectivity index (χ4n) is 2.27. The monoisotopic (exact) mass is 375 g/mol. The zero-order chi connectivity index (χ0) is 18.0. The molecule has 1 amide bonds. The van der Waals surface area contributed by atoms with Crippen molar-refractivity contribution in [1.29, 1.82) is 0 Å². The van der Waals surface area contributed by atoms with Crippen molar-refractivity contribution in [3.63, 3.8) is 0 Å². The first-order valence-corrected chi connectivity index (χ1v) is 8.33. The summed E-state index contributed by atoms with van der Waals surface area (Å²) in [5, 5.41) is 7.57. The summed E-state index contributed by atoms with van der Waals surface area (Å²) < 4.78 is 5.19. The largest absolute Gasteiger partial charge is 0.334 e. The van der Waals surface area contributed by atoms with Crippen LogP contribution in [0.15, 0.2) is 40.9 Å². The minimum atomic E-state index is -0.224. The number of nitrogens with zero attached hydrogens (tertiary/aromatic N) is 2. The molecule has 0 fully saturated rings. The van der Waals surface area contributed by atoms with Crippen LogP contribution in [0.2, 0.25) is 10.0 Å². The minimum absolute atomic E-state index is 0.00162. The number of aryl methyl sites for hydroxylation is 2. The first-order chi connectivity index (χ1) is 11.9. The normalized spacial score (nSPS) is 10.7. The number of aromatic nitrogens is 2. The Hall–Kier alpha value is -2.37. The third kappa shape index (κ3) is 4.18. The van der Waals surface area contributed by atoms with Crippen LogP contribution in [-0.4, -0.2) is 16.0 Å². The molecule has 0 saturated carbocycles. The lowest BCUT2D eigenvalue weighted by molar-refractivity contribution is -0.115. The van der Waals surface area contributed by atoms with Gasteiger partial charge in [0.05, 0.1) is 17.0 Å². The molecule has 0 spiro atoms. The number of hydrogen-bond acceptors (Lipinski definition) is 4. The van der Waals surface area contributed by atoms with E-state index < -0.39 is 0 Å². The molecule has 0 bridgehead atoms. The van der Waals surface area contributed by atoms with Crippen LogP contribution in [0.1, 0.15) is 17.0 Å². The van der Waals surface area contributed by atoms with Crippen molar-refractivity contribution in [2.24, 2.45) is 0 Å². The van der Waals surface area contributed by atoms with Crippen molar-refractivity contribution in [1.82, 2.24) is 10.1 Å². The predicted molar refractivity (Wildman–Crippen MR) is 98.0 cm³/mol. The smallest absolute Gasteiger partial charge is 0.259 e. The second-order valence-electron chi connectivity index (χ2n) is 5.66. The summed E-state index contributed by atoms with van der Waals surface area (Å²) in [6.07, 6.45) is 0.00162. The van der Waals surface area contributed by atoms with E-state index >= 15 is 0 Å². The molecule has 0 aliphatic rings. The van der Waals surface area contributed by atoms with Crippen LogP contribution in [0.4, 0.5) is 5.69 Å². The Labute approximate surface area is 155 Å². The van der Waals surface area contributed by atoms with Crippen molar-refractivity contribution in [3.8, 4) is 11.5 Å². The molecule has 25 heavy (non-hydrogen) atoms. The maximum Gasteiger partial charge on any atom is 0.259 e. The zero-order valence-electron chi connectivity index (χ0n) is 13.6. The molecule has 1 aromatic heterocycles. The second kappa shape index (κ2) is 7.25. The van der Waals surface area contributed by atoms with E-state index in [1.807, 2.05) is 32.0 Å². The highest BCUT2D eigenvalue weighted by Crippen LogP contribution is 2.29. The van der Waals surface area contributed by atoms with Gasteiger partial charge in [0.15, 0.2) is 5.82 Å². The maximum atomic E-state index is 12.2. The Morgan fingerprint density at radius 2 is 1.92 bits per heavy atom. The lowest BCUT2D eigenvalue weighted by Gasteiger charge is -2.06. The Morgan fingerprint density at radius 1 is 1.12 bits per heavy atom. The van der Waals surface area contributed by atoms with Gasteiger partial charge in [-0.2, -0.15) is 4.98 Å². The SMILES string of the molecule is Cc1ccc(NC(=O)Cc2noc(-c3ccc(Cl)cc3Cl)n2)cc1C. The lowest BCUT2D eigenvalue weighted by atomic mass is 10.1. The van der Waals surface area contributed by atoms with Crippen molar-refractivity contribution in [2.75, 3.05) is 5.32 Å². The van der Waals surface area contributed by atoms with Gasteiger partial charge in [0.2, 0.25) is 5.91 Å². The van der Waals surface area contributed by atoms with Crippen LogP contribution in [0, 0.1) is 13.8 Å². The standard InChI is InChI=1S/C18H15Cl2N3O2/c1-10-3-5-13(7-11(10)2)21-17(24)9-16-22-18(25-23-16)14-6-4-12(19)8-15(14)20/h3-8H,9H2,1-2H3,(H,21,24). The third-order valence-electron chi connectivity index (χ3n) is 3.74. The molecular weight excluding hydrogens is 361 g/mol. The Bertz CT molecular complexity index is 938. The molecule has 1 N–H and O–H groups in total. The summed E-state index contributed by atoms with van der Waals surface area (Å²) in [5.41, 5.74) is 3.58. The molecule has 7 heteroatoms. The Morgan fingerprint density at radius 3 is 2.64 bits per heavy atom. The average molecular weight is 376 g/mol. The van der Waals surface area contributed by atoms with Gasteiger partial charge in [0, 0.05) is 10.7 Å². The molecule has 2 aromatic carbocycles. The molecule has 3 rings (SSSR count). The summed E-state index contributed by atoms with van der Waals surface area (Å²) >= 11 is 12.0. The number of amides is 1. The van der Waals surface area contributed by atoms with Crippen molar-refractivity contribution >= 4 is 34.8 Å². The molecule has 0 saturated heterocycles. The highest BCUT2D eigenvalue weighted by Gasteiger charge is 2.15. The van der Waals surface area contributed by atoms with Crippen molar-refractivity contribution in [2.45, 2.75) is 20.3 Å². The molecule has 5 nitrogen and oxygen atoms in total.